The summed E-state index contributed by atoms with van der Waals surface area (Å²) in [6.07, 6.45) is 1.04. The maximum absolute atomic E-state index is 12.5. The van der Waals surface area contributed by atoms with Crippen molar-refractivity contribution in [3.8, 4) is 0 Å². The van der Waals surface area contributed by atoms with Crippen LogP contribution >= 0.6 is 0 Å². The summed E-state index contributed by atoms with van der Waals surface area (Å²) in [6, 6.07) is 8.18. The number of fused-ring (bicyclic) bond motifs is 1. The van der Waals surface area contributed by atoms with Crippen LogP contribution in [0.5, 0.6) is 0 Å². The third-order valence-corrected chi connectivity index (χ3v) is 4.19. The molecular formula is C16H22N2O2. The van der Waals surface area contributed by atoms with Gasteiger partial charge in [-0.15, -0.1) is 0 Å². The van der Waals surface area contributed by atoms with E-state index in [-0.39, 0.29) is 18.1 Å². The molecule has 2 heterocycles. The number of hydrogen-bond donors (Lipinski definition) is 1. The highest BCUT2D eigenvalue weighted by Gasteiger charge is 2.34. The molecule has 1 aromatic rings. The van der Waals surface area contributed by atoms with Crippen molar-refractivity contribution in [2.45, 2.75) is 25.9 Å². The average Bonchev–Trinajstić information content (AvgIpc) is 2.41. The molecule has 20 heavy (non-hydrogen) atoms. The van der Waals surface area contributed by atoms with Crippen LogP contribution in [0.1, 0.15) is 19.4 Å². The Morgan fingerprint density at radius 3 is 2.90 bits per heavy atom. The number of amides is 1. The van der Waals surface area contributed by atoms with E-state index in [4.69, 9.17) is 4.74 Å². The highest BCUT2D eigenvalue weighted by molar-refractivity contribution is 5.95. The van der Waals surface area contributed by atoms with Crippen LogP contribution in [0.25, 0.3) is 0 Å². The van der Waals surface area contributed by atoms with Crippen LogP contribution in [-0.4, -0.2) is 37.7 Å². The monoisotopic (exact) mass is 274 g/mol. The molecule has 0 radical (unpaired) electrons. The van der Waals surface area contributed by atoms with Gasteiger partial charge in [-0.05, 0) is 30.9 Å². The molecule has 3 rings (SSSR count). The molecule has 2 aliphatic heterocycles. The number of benzene rings is 1. The fourth-order valence-electron chi connectivity index (χ4n) is 2.93. The fraction of sp³-hybridized carbons (Fsp3) is 0.562. The molecule has 4 heteroatoms. The zero-order valence-corrected chi connectivity index (χ0v) is 12.2. The first kappa shape index (κ1) is 13.6. The lowest BCUT2D eigenvalue weighted by atomic mass is 9.94. The number of ether oxygens (including phenoxy) is 1. The van der Waals surface area contributed by atoms with Crippen LogP contribution in [0.2, 0.25) is 0 Å². The normalized spacial score (nSPS) is 23.9. The number of nitrogens with zero attached hydrogens (tertiary/aromatic N) is 1. The van der Waals surface area contributed by atoms with Crippen molar-refractivity contribution in [1.82, 2.24) is 5.32 Å². The Morgan fingerprint density at radius 2 is 2.20 bits per heavy atom. The van der Waals surface area contributed by atoms with Crippen molar-refractivity contribution in [3.05, 3.63) is 29.8 Å². The van der Waals surface area contributed by atoms with E-state index in [0.29, 0.717) is 5.92 Å². The van der Waals surface area contributed by atoms with Crippen molar-refractivity contribution in [2.24, 2.45) is 5.92 Å². The lowest BCUT2D eigenvalue weighted by molar-refractivity contribution is -0.133. The van der Waals surface area contributed by atoms with Crippen LogP contribution in [0, 0.1) is 5.92 Å². The molecule has 1 atom stereocenters. The molecule has 2 aliphatic rings. The van der Waals surface area contributed by atoms with E-state index in [1.54, 1.807) is 0 Å². The van der Waals surface area contributed by atoms with Crippen LogP contribution in [0.15, 0.2) is 24.3 Å². The Balaban J connectivity index is 1.71. The van der Waals surface area contributed by atoms with Gasteiger partial charge in [-0.2, -0.15) is 0 Å². The first-order valence-corrected chi connectivity index (χ1v) is 7.30. The molecule has 0 aliphatic carbocycles. The zero-order chi connectivity index (χ0) is 14.2. The van der Waals surface area contributed by atoms with E-state index >= 15 is 0 Å². The number of nitrogens with one attached hydrogen (secondary N) is 1. The van der Waals surface area contributed by atoms with Gasteiger partial charge < -0.3 is 15.0 Å². The molecule has 108 valence electrons. The first-order valence-electron chi connectivity index (χ1n) is 7.30. The fourth-order valence-corrected chi connectivity index (χ4v) is 2.93. The maximum Gasteiger partial charge on any atom is 0.253 e. The first-order chi connectivity index (χ1) is 9.57. The van der Waals surface area contributed by atoms with Crippen LogP contribution in [-0.2, 0) is 16.0 Å². The number of para-hydroxylation sites is 1. The number of carbonyl (C=O) groups excluding carboxylic acids is 1. The van der Waals surface area contributed by atoms with Gasteiger partial charge in [0, 0.05) is 25.3 Å². The van der Waals surface area contributed by atoms with Crippen LogP contribution < -0.4 is 10.2 Å². The summed E-state index contributed by atoms with van der Waals surface area (Å²) in [4.78, 5) is 14.4. The SMILES string of the molecule is CC1Cc2ccccc2N(C(=O)COC2(C)CNC2)C1. The number of hydrogen-bond acceptors (Lipinski definition) is 3. The summed E-state index contributed by atoms with van der Waals surface area (Å²) in [5, 5.41) is 3.18. The molecule has 1 amide bonds. The van der Waals surface area contributed by atoms with Gasteiger partial charge in [0.2, 0.25) is 0 Å². The third kappa shape index (κ3) is 2.58. The summed E-state index contributed by atoms with van der Waals surface area (Å²) in [5.41, 5.74) is 2.14. The van der Waals surface area contributed by atoms with E-state index in [1.165, 1.54) is 5.56 Å². The summed E-state index contributed by atoms with van der Waals surface area (Å²) in [7, 11) is 0. The van der Waals surface area contributed by atoms with E-state index in [2.05, 4.69) is 18.3 Å². The van der Waals surface area contributed by atoms with Crippen LogP contribution in [0.3, 0.4) is 0 Å². The second kappa shape index (κ2) is 5.19. The lowest BCUT2D eigenvalue weighted by Crippen LogP contribution is -2.60. The summed E-state index contributed by atoms with van der Waals surface area (Å²) < 4.78 is 5.78. The van der Waals surface area contributed by atoms with Gasteiger partial charge in [0.1, 0.15) is 6.61 Å². The molecular weight excluding hydrogens is 252 g/mol. The summed E-state index contributed by atoms with van der Waals surface area (Å²) in [5.74, 6) is 0.562. The minimum atomic E-state index is -0.170. The van der Waals surface area contributed by atoms with Gasteiger partial charge in [0.05, 0.1) is 5.60 Å². The Hall–Kier alpha value is -1.39. The number of carbonyl (C=O) groups is 1. The van der Waals surface area contributed by atoms with Gasteiger partial charge in [-0.3, -0.25) is 4.79 Å². The predicted molar refractivity (Wildman–Crippen MR) is 78.9 cm³/mol. The topological polar surface area (TPSA) is 41.6 Å². The molecule has 1 N–H and O–H groups in total. The molecule has 4 nitrogen and oxygen atoms in total. The number of anilines is 1. The highest BCUT2D eigenvalue weighted by atomic mass is 16.5. The van der Waals surface area contributed by atoms with Crippen molar-refractivity contribution < 1.29 is 9.53 Å². The lowest BCUT2D eigenvalue weighted by Gasteiger charge is -2.40. The molecule has 1 saturated heterocycles. The number of rotatable bonds is 3. The maximum atomic E-state index is 12.5. The average molecular weight is 274 g/mol. The Labute approximate surface area is 120 Å². The summed E-state index contributed by atoms with van der Waals surface area (Å²) >= 11 is 0. The molecule has 1 fully saturated rings. The van der Waals surface area contributed by atoms with E-state index < -0.39 is 0 Å². The van der Waals surface area contributed by atoms with Gasteiger partial charge in [-0.1, -0.05) is 25.1 Å². The predicted octanol–water partition coefficient (Wildman–Crippen LogP) is 1.59. The van der Waals surface area contributed by atoms with Gasteiger partial charge >= 0.3 is 0 Å². The van der Waals surface area contributed by atoms with Crippen LogP contribution in [0.4, 0.5) is 5.69 Å². The smallest absolute Gasteiger partial charge is 0.253 e. The summed E-state index contributed by atoms with van der Waals surface area (Å²) in [6.45, 7) is 6.84. The zero-order valence-electron chi connectivity index (χ0n) is 12.2. The van der Waals surface area contributed by atoms with E-state index in [1.807, 2.05) is 30.0 Å². The second-order valence-corrected chi connectivity index (χ2v) is 6.28. The van der Waals surface area contributed by atoms with Crippen molar-refractivity contribution in [1.29, 1.82) is 0 Å². The van der Waals surface area contributed by atoms with E-state index in [0.717, 1.165) is 31.7 Å². The molecule has 1 aromatic carbocycles. The molecule has 1 unspecified atom stereocenters. The largest absolute Gasteiger partial charge is 0.363 e. The Morgan fingerprint density at radius 1 is 1.45 bits per heavy atom. The standard InChI is InChI=1S/C16H22N2O2/c1-12-7-13-5-3-4-6-14(13)18(8-12)15(19)9-20-16(2)10-17-11-16/h3-6,12,17H,7-11H2,1-2H3. The highest BCUT2D eigenvalue weighted by Crippen LogP contribution is 2.29. The van der Waals surface area contributed by atoms with Crippen molar-refractivity contribution in [3.63, 3.8) is 0 Å². The van der Waals surface area contributed by atoms with E-state index in [9.17, 15) is 4.79 Å². The van der Waals surface area contributed by atoms with Gasteiger partial charge in [-0.25, -0.2) is 0 Å². The molecule has 0 saturated carbocycles. The molecule has 0 bridgehead atoms. The minimum absolute atomic E-state index is 0.0668. The Bertz CT molecular complexity index is 511. The molecule has 0 aromatic heterocycles. The third-order valence-electron chi connectivity index (χ3n) is 4.19. The van der Waals surface area contributed by atoms with Crippen molar-refractivity contribution >= 4 is 11.6 Å². The minimum Gasteiger partial charge on any atom is -0.363 e. The van der Waals surface area contributed by atoms with Gasteiger partial charge in [0.25, 0.3) is 5.91 Å². The van der Waals surface area contributed by atoms with Crippen molar-refractivity contribution in [2.75, 3.05) is 31.1 Å². The van der Waals surface area contributed by atoms with Gasteiger partial charge in [0.15, 0.2) is 0 Å². The quantitative estimate of drug-likeness (QED) is 0.910. The second-order valence-electron chi connectivity index (χ2n) is 6.28. The Kier molecular flexibility index (Phi) is 3.52. The molecule has 0 spiro atoms.